The Bertz CT molecular complexity index is 945. The van der Waals surface area contributed by atoms with Crippen molar-refractivity contribution in [2.45, 2.75) is 18.9 Å². The van der Waals surface area contributed by atoms with Gasteiger partial charge < -0.3 is 14.8 Å². The highest BCUT2D eigenvalue weighted by Gasteiger charge is 2.30. The lowest BCUT2D eigenvalue weighted by atomic mass is 10.1. The zero-order chi connectivity index (χ0) is 20.1. The van der Waals surface area contributed by atoms with Gasteiger partial charge in [0.25, 0.3) is 0 Å². The molecule has 28 heavy (non-hydrogen) atoms. The van der Waals surface area contributed by atoms with Gasteiger partial charge in [0, 0.05) is 35.5 Å². The van der Waals surface area contributed by atoms with Gasteiger partial charge >= 0.3 is 0 Å². The molecular weight excluding hydrogens is 378 g/mol. The monoisotopic (exact) mass is 393 g/mol. The molecule has 0 aliphatic carbocycles. The Morgan fingerprint density at radius 2 is 1.54 bits per heavy atom. The quantitative estimate of drug-likeness (QED) is 0.573. The van der Waals surface area contributed by atoms with Crippen LogP contribution in [-0.4, -0.2) is 12.0 Å². The van der Waals surface area contributed by atoms with E-state index in [1.54, 1.807) is 0 Å². The maximum atomic E-state index is 13.7. The number of carbonyl (C=O) groups excluding carboxylic acids is 1. The summed E-state index contributed by atoms with van der Waals surface area (Å²) in [5.74, 6) is -2.81. The molecule has 146 valence electrons. The number of benzene rings is 2. The van der Waals surface area contributed by atoms with Crippen molar-refractivity contribution in [2.75, 3.05) is 0 Å². The second-order valence-electron chi connectivity index (χ2n) is 5.98. The predicted octanol–water partition coefficient (Wildman–Crippen LogP) is 3.87. The number of nitrogens with one attached hydrogen (secondary N) is 1. The molecule has 0 saturated carbocycles. The number of halogens is 4. The summed E-state index contributed by atoms with van der Waals surface area (Å²) in [6.07, 6.45) is 4.60. The molecule has 2 aromatic carbocycles. The molecule has 0 aromatic heterocycles. The lowest BCUT2D eigenvalue weighted by Crippen LogP contribution is -2.46. The highest BCUT2D eigenvalue weighted by atomic mass is 19.1. The Hall–Kier alpha value is -3.13. The van der Waals surface area contributed by atoms with Gasteiger partial charge in [-0.1, -0.05) is 6.07 Å². The first kappa shape index (κ1) is 19.6. The number of ether oxygens (including phenoxy) is 2. The lowest BCUT2D eigenvalue weighted by molar-refractivity contribution is -0.130. The SMILES string of the molecule is O=CC1(OCc2ccc(F)cc2F)C=C(OCc2ccc(F)cc2F)C=CN1. The van der Waals surface area contributed by atoms with Gasteiger partial charge in [0.05, 0.1) is 6.61 Å². The van der Waals surface area contributed by atoms with Gasteiger partial charge in [0.15, 0.2) is 6.29 Å². The Morgan fingerprint density at radius 3 is 2.11 bits per heavy atom. The number of aldehydes is 1. The maximum absolute atomic E-state index is 13.7. The molecule has 0 saturated heterocycles. The fraction of sp³-hybridized carbons (Fsp3) is 0.150. The van der Waals surface area contributed by atoms with E-state index in [-0.39, 0.29) is 30.1 Å². The predicted molar refractivity (Wildman–Crippen MR) is 91.4 cm³/mol. The second-order valence-corrected chi connectivity index (χ2v) is 5.98. The van der Waals surface area contributed by atoms with Crippen LogP contribution in [0.5, 0.6) is 0 Å². The van der Waals surface area contributed by atoms with E-state index in [4.69, 9.17) is 9.47 Å². The molecular formula is C20H15F4NO3. The van der Waals surface area contributed by atoms with Crippen LogP contribution in [0.1, 0.15) is 11.1 Å². The Labute approximate surface area is 158 Å². The van der Waals surface area contributed by atoms with Gasteiger partial charge in [0.1, 0.15) is 35.6 Å². The lowest BCUT2D eigenvalue weighted by Gasteiger charge is -2.29. The summed E-state index contributed by atoms with van der Waals surface area (Å²) in [4.78, 5) is 11.6. The number of dihydropyridines is 1. The van der Waals surface area contributed by atoms with E-state index in [0.717, 1.165) is 18.2 Å². The van der Waals surface area contributed by atoms with Gasteiger partial charge in [-0.25, -0.2) is 17.6 Å². The van der Waals surface area contributed by atoms with Crippen molar-refractivity contribution in [3.63, 3.8) is 0 Å². The van der Waals surface area contributed by atoms with Crippen LogP contribution in [0.2, 0.25) is 0 Å². The third kappa shape index (κ3) is 4.58. The Kier molecular flexibility index (Phi) is 5.79. The van der Waals surface area contributed by atoms with Gasteiger partial charge in [-0.05, 0) is 24.3 Å². The van der Waals surface area contributed by atoms with Gasteiger partial charge in [-0.3, -0.25) is 4.79 Å². The van der Waals surface area contributed by atoms with Crippen molar-refractivity contribution in [1.82, 2.24) is 5.32 Å². The van der Waals surface area contributed by atoms with Crippen molar-refractivity contribution in [1.29, 1.82) is 0 Å². The van der Waals surface area contributed by atoms with Crippen LogP contribution in [0.4, 0.5) is 17.6 Å². The second kappa shape index (κ2) is 8.26. The third-order valence-electron chi connectivity index (χ3n) is 3.98. The fourth-order valence-corrected chi connectivity index (χ4v) is 2.47. The minimum atomic E-state index is -1.65. The molecule has 1 aliphatic heterocycles. The first-order valence-corrected chi connectivity index (χ1v) is 8.19. The van der Waals surface area contributed by atoms with E-state index in [9.17, 15) is 22.4 Å². The number of hydrogen-bond acceptors (Lipinski definition) is 4. The van der Waals surface area contributed by atoms with Crippen LogP contribution in [0.3, 0.4) is 0 Å². The van der Waals surface area contributed by atoms with Crippen LogP contribution in [0.25, 0.3) is 0 Å². The van der Waals surface area contributed by atoms with E-state index in [2.05, 4.69) is 5.32 Å². The molecule has 0 radical (unpaired) electrons. The number of rotatable bonds is 7. The van der Waals surface area contributed by atoms with E-state index in [1.807, 2.05) is 0 Å². The maximum Gasteiger partial charge on any atom is 0.218 e. The largest absolute Gasteiger partial charge is 0.489 e. The first-order valence-electron chi connectivity index (χ1n) is 8.19. The number of hydrogen-bond donors (Lipinski definition) is 1. The van der Waals surface area contributed by atoms with Crippen molar-refractivity contribution in [3.8, 4) is 0 Å². The molecule has 1 N–H and O–H groups in total. The van der Waals surface area contributed by atoms with E-state index >= 15 is 0 Å². The fourth-order valence-electron chi connectivity index (χ4n) is 2.47. The summed E-state index contributed by atoms with van der Waals surface area (Å²) in [5.41, 5.74) is -1.46. The average molecular weight is 393 g/mol. The normalized spacial score (nSPS) is 18.4. The minimum absolute atomic E-state index is 0.0585. The zero-order valence-corrected chi connectivity index (χ0v) is 14.4. The first-order chi connectivity index (χ1) is 13.4. The Morgan fingerprint density at radius 1 is 0.929 bits per heavy atom. The molecule has 4 nitrogen and oxygen atoms in total. The van der Waals surface area contributed by atoms with Crippen LogP contribution >= 0.6 is 0 Å². The van der Waals surface area contributed by atoms with Gasteiger partial charge in [-0.2, -0.15) is 0 Å². The summed E-state index contributed by atoms with van der Waals surface area (Å²) >= 11 is 0. The summed E-state index contributed by atoms with van der Waals surface area (Å²) in [5, 5.41) is 2.68. The van der Waals surface area contributed by atoms with Crippen LogP contribution in [-0.2, 0) is 27.5 Å². The topological polar surface area (TPSA) is 47.6 Å². The highest BCUT2D eigenvalue weighted by Crippen LogP contribution is 2.21. The molecule has 0 spiro atoms. The molecule has 1 atom stereocenters. The molecule has 0 fully saturated rings. The molecule has 3 rings (SSSR count). The van der Waals surface area contributed by atoms with Gasteiger partial charge in [0.2, 0.25) is 5.72 Å². The molecule has 1 unspecified atom stereocenters. The Balaban J connectivity index is 1.69. The van der Waals surface area contributed by atoms with Crippen LogP contribution in [0.15, 0.2) is 60.5 Å². The number of carbonyl (C=O) groups is 1. The molecule has 1 heterocycles. The van der Waals surface area contributed by atoms with Crippen molar-refractivity contribution >= 4 is 6.29 Å². The molecule has 1 aliphatic rings. The van der Waals surface area contributed by atoms with E-state index in [1.165, 1.54) is 30.5 Å². The number of allylic oxidation sites excluding steroid dienone is 1. The summed E-state index contributed by atoms with van der Waals surface area (Å²) in [6, 6.07) is 6.08. The summed E-state index contributed by atoms with van der Waals surface area (Å²) in [7, 11) is 0. The summed E-state index contributed by atoms with van der Waals surface area (Å²) in [6.45, 7) is -0.522. The van der Waals surface area contributed by atoms with Crippen LogP contribution < -0.4 is 5.32 Å². The molecule has 8 heteroatoms. The minimum Gasteiger partial charge on any atom is -0.489 e. The highest BCUT2D eigenvalue weighted by molar-refractivity contribution is 5.67. The van der Waals surface area contributed by atoms with Gasteiger partial charge in [-0.15, -0.1) is 0 Å². The van der Waals surface area contributed by atoms with E-state index < -0.39 is 29.0 Å². The molecule has 2 aromatic rings. The zero-order valence-electron chi connectivity index (χ0n) is 14.4. The average Bonchev–Trinajstić information content (AvgIpc) is 2.67. The third-order valence-corrected chi connectivity index (χ3v) is 3.98. The smallest absolute Gasteiger partial charge is 0.218 e. The summed E-state index contributed by atoms with van der Waals surface area (Å²) < 4.78 is 64.3. The van der Waals surface area contributed by atoms with Crippen molar-refractivity contribution in [3.05, 3.63) is 94.9 Å². The van der Waals surface area contributed by atoms with Crippen molar-refractivity contribution < 1.29 is 31.8 Å². The molecule has 0 bridgehead atoms. The van der Waals surface area contributed by atoms with E-state index in [0.29, 0.717) is 12.4 Å². The van der Waals surface area contributed by atoms with Crippen LogP contribution in [0, 0.1) is 23.3 Å². The van der Waals surface area contributed by atoms with Crippen molar-refractivity contribution in [2.24, 2.45) is 0 Å². The molecule has 0 amide bonds. The standard InChI is InChI=1S/C20H15F4NO3/c21-15-3-1-13(18(23)7-15)10-27-17-5-6-25-20(9-17,12-26)28-11-14-2-4-16(22)8-19(14)24/h1-9,12,25H,10-11H2.